The monoisotopic (exact) mass is 410 g/mol. The number of benzene rings is 1. The lowest BCUT2D eigenvalue weighted by atomic mass is 9.83. The van der Waals surface area contributed by atoms with Gasteiger partial charge in [0.15, 0.2) is 17.3 Å². The highest BCUT2D eigenvalue weighted by Crippen LogP contribution is 2.39. The second-order valence-corrected chi connectivity index (χ2v) is 8.30. The van der Waals surface area contributed by atoms with Gasteiger partial charge in [0, 0.05) is 5.56 Å². The zero-order chi connectivity index (χ0) is 21.7. The lowest BCUT2D eigenvalue weighted by molar-refractivity contribution is -0.119. The van der Waals surface area contributed by atoms with Crippen molar-refractivity contribution < 1.29 is 14.6 Å². The minimum absolute atomic E-state index is 0.190. The number of ether oxygens (including phenoxy) is 1. The van der Waals surface area contributed by atoms with E-state index in [-0.39, 0.29) is 12.4 Å². The first-order valence-corrected chi connectivity index (χ1v) is 10.4. The van der Waals surface area contributed by atoms with Crippen LogP contribution in [0, 0.1) is 0 Å². The molecule has 1 aromatic carbocycles. The van der Waals surface area contributed by atoms with Crippen LogP contribution in [0.4, 0.5) is 11.5 Å². The molecule has 2 aliphatic rings. The average molecular weight is 411 g/mol. The summed E-state index contributed by atoms with van der Waals surface area (Å²) < 4.78 is 6.05. The molecule has 0 bridgehead atoms. The van der Waals surface area contributed by atoms with Crippen LogP contribution in [0.2, 0.25) is 0 Å². The van der Waals surface area contributed by atoms with Gasteiger partial charge in [-0.1, -0.05) is 43.5 Å². The van der Waals surface area contributed by atoms with E-state index in [0.717, 1.165) is 11.3 Å². The summed E-state index contributed by atoms with van der Waals surface area (Å²) in [5.74, 6) is 1.30. The molecule has 2 heterocycles. The van der Waals surface area contributed by atoms with Crippen molar-refractivity contribution in [2.24, 2.45) is 4.99 Å². The fraction of sp³-hybridized carbons (Fsp3) is 0.478. The molecule has 7 nitrogen and oxygen atoms in total. The van der Waals surface area contributed by atoms with Gasteiger partial charge in [0.05, 0.1) is 5.71 Å². The fourth-order valence-electron chi connectivity index (χ4n) is 3.85. The van der Waals surface area contributed by atoms with E-state index in [1.54, 1.807) is 0 Å². The Balaban J connectivity index is 0.000000461. The summed E-state index contributed by atoms with van der Waals surface area (Å²) >= 11 is 0. The maximum atomic E-state index is 9.56. The van der Waals surface area contributed by atoms with Crippen LogP contribution in [-0.2, 0) is 4.79 Å². The molecule has 3 N–H and O–H groups in total. The Morgan fingerprint density at radius 2 is 1.80 bits per heavy atom. The van der Waals surface area contributed by atoms with Crippen molar-refractivity contribution in [2.75, 3.05) is 12.3 Å². The van der Waals surface area contributed by atoms with E-state index >= 15 is 0 Å². The van der Waals surface area contributed by atoms with Crippen LogP contribution in [0.5, 0.6) is 5.88 Å². The van der Waals surface area contributed by atoms with Crippen LogP contribution in [0.15, 0.2) is 35.6 Å². The molecule has 0 spiro atoms. The van der Waals surface area contributed by atoms with Gasteiger partial charge in [0.1, 0.15) is 18.5 Å². The number of ketones is 1. The van der Waals surface area contributed by atoms with Crippen LogP contribution in [-0.4, -0.2) is 38.8 Å². The number of aliphatic imine (C=N–C) groups is 1. The summed E-state index contributed by atoms with van der Waals surface area (Å²) in [6.07, 6.45) is 8.07. The van der Waals surface area contributed by atoms with Crippen molar-refractivity contribution in [3.8, 4) is 5.88 Å². The number of carbonyl (C=O) groups is 1. The molecule has 4 rings (SSSR count). The van der Waals surface area contributed by atoms with Crippen LogP contribution >= 0.6 is 0 Å². The number of Topliss-reactive ketones (excluding diaryl/α,β-unsaturated/α-hetero) is 1. The molecule has 160 valence electrons. The standard InChI is InChI=1S/C20H24N4O.C3H6O2/c1-20(2)17(24-16-18(21)22-12-23-19(16)25-20)15-10-8-14(9-11-15)13-6-4-3-5-7-13;1-3(5)2-4/h8-13H,3-7H2,1-2H3,(H2,21,22,23);4H,2H2,1H3. The number of nitrogen functional groups attached to an aromatic ring is 1. The van der Waals surface area contributed by atoms with Crippen LogP contribution in [0.1, 0.15) is 69.9 Å². The molecular weight excluding hydrogens is 380 g/mol. The van der Waals surface area contributed by atoms with Crippen molar-refractivity contribution in [3.05, 3.63) is 41.7 Å². The summed E-state index contributed by atoms with van der Waals surface area (Å²) in [6, 6.07) is 8.78. The van der Waals surface area contributed by atoms with E-state index < -0.39 is 5.60 Å². The molecule has 0 saturated heterocycles. The maximum Gasteiger partial charge on any atom is 0.246 e. The van der Waals surface area contributed by atoms with E-state index in [9.17, 15) is 4.79 Å². The van der Waals surface area contributed by atoms with Crippen molar-refractivity contribution in [1.29, 1.82) is 0 Å². The Labute approximate surface area is 177 Å². The molecule has 0 amide bonds. The second-order valence-electron chi connectivity index (χ2n) is 8.30. The molecule has 7 heteroatoms. The third kappa shape index (κ3) is 5.02. The first-order valence-electron chi connectivity index (χ1n) is 10.4. The largest absolute Gasteiger partial charge is 0.463 e. The molecular formula is C23H30N4O3. The van der Waals surface area contributed by atoms with Crippen molar-refractivity contribution >= 4 is 23.0 Å². The molecule has 0 atom stereocenters. The average Bonchev–Trinajstić information content (AvgIpc) is 2.74. The maximum absolute atomic E-state index is 9.56. The normalized spacial score (nSPS) is 17.7. The lowest BCUT2D eigenvalue weighted by Gasteiger charge is -2.32. The summed E-state index contributed by atoms with van der Waals surface area (Å²) in [5.41, 5.74) is 9.25. The molecule has 1 aliphatic carbocycles. The summed E-state index contributed by atoms with van der Waals surface area (Å²) in [4.78, 5) is 22.5. The van der Waals surface area contributed by atoms with Gasteiger partial charge in [0.2, 0.25) is 5.88 Å². The molecule has 1 aromatic heterocycles. The number of nitrogens with zero attached hydrogens (tertiary/aromatic N) is 3. The van der Waals surface area contributed by atoms with E-state index in [2.05, 4.69) is 34.2 Å². The van der Waals surface area contributed by atoms with Crippen molar-refractivity contribution in [3.63, 3.8) is 0 Å². The zero-order valence-electron chi connectivity index (χ0n) is 17.9. The molecule has 1 aliphatic heterocycles. The second kappa shape index (κ2) is 9.34. The van der Waals surface area contributed by atoms with Crippen molar-refractivity contribution in [1.82, 2.24) is 9.97 Å². The Bertz CT molecular complexity index is 917. The van der Waals surface area contributed by atoms with E-state index in [0.29, 0.717) is 23.3 Å². The number of carbonyl (C=O) groups excluding carboxylic acids is 1. The molecule has 1 fully saturated rings. The number of hydrogen-bond acceptors (Lipinski definition) is 7. The van der Waals surface area contributed by atoms with Gasteiger partial charge in [-0.25, -0.2) is 9.98 Å². The third-order valence-electron chi connectivity index (χ3n) is 5.45. The molecule has 2 aromatic rings. The molecule has 0 radical (unpaired) electrons. The molecule has 1 saturated carbocycles. The summed E-state index contributed by atoms with van der Waals surface area (Å²) in [5, 5.41) is 7.79. The number of aromatic nitrogens is 2. The Hall–Kier alpha value is -2.80. The minimum Gasteiger partial charge on any atom is -0.463 e. The fourth-order valence-corrected chi connectivity index (χ4v) is 3.85. The number of anilines is 1. The number of nitrogens with two attached hydrogens (primary N) is 1. The van der Waals surface area contributed by atoms with Crippen LogP contribution in [0.25, 0.3) is 0 Å². The third-order valence-corrected chi connectivity index (χ3v) is 5.45. The smallest absolute Gasteiger partial charge is 0.246 e. The summed E-state index contributed by atoms with van der Waals surface area (Å²) in [7, 11) is 0. The number of rotatable bonds is 3. The SMILES string of the molecule is CC(=O)CO.CC1(C)Oc2ncnc(N)c2N=C1c1ccc(C2CCCCC2)cc1. The lowest BCUT2D eigenvalue weighted by Crippen LogP contribution is -2.41. The first-order chi connectivity index (χ1) is 14.3. The summed E-state index contributed by atoms with van der Waals surface area (Å²) in [6.45, 7) is 5.00. The highest BCUT2D eigenvalue weighted by Gasteiger charge is 2.35. The number of aliphatic hydroxyl groups is 1. The topological polar surface area (TPSA) is 111 Å². The van der Waals surface area contributed by atoms with Gasteiger partial charge in [0.25, 0.3) is 0 Å². The Kier molecular flexibility index (Phi) is 6.82. The van der Waals surface area contributed by atoms with Gasteiger partial charge in [-0.3, -0.25) is 4.79 Å². The van der Waals surface area contributed by atoms with E-state index in [1.807, 2.05) is 13.8 Å². The van der Waals surface area contributed by atoms with Gasteiger partial charge in [-0.2, -0.15) is 4.98 Å². The quantitative estimate of drug-likeness (QED) is 0.792. The predicted octanol–water partition coefficient (Wildman–Crippen LogP) is 3.97. The van der Waals surface area contributed by atoms with E-state index in [4.69, 9.17) is 20.6 Å². The zero-order valence-corrected chi connectivity index (χ0v) is 17.9. The van der Waals surface area contributed by atoms with Crippen LogP contribution < -0.4 is 10.5 Å². The van der Waals surface area contributed by atoms with Gasteiger partial charge < -0.3 is 15.6 Å². The van der Waals surface area contributed by atoms with Gasteiger partial charge >= 0.3 is 0 Å². The minimum atomic E-state index is -0.569. The Morgan fingerprint density at radius 1 is 1.17 bits per heavy atom. The predicted molar refractivity (Wildman–Crippen MR) is 117 cm³/mol. The van der Waals surface area contributed by atoms with Crippen molar-refractivity contribution in [2.45, 2.75) is 64.4 Å². The number of fused-ring (bicyclic) bond motifs is 1. The number of hydrogen-bond donors (Lipinski definition) is 2. The van der Waals surface area contributed by atoms with Gasteiger partial charge in [-0.05, 0) is 45.1 Å². The Morgan fingerprint density at radius 3 is 2.40 bits per heavy atom. The highest BCUT2D eigenvalue weighted by atomic mass is 16.5. The first kappa shape index (κ1) is 21.9. The molecule has 0 unspecified atom stereocenters. The molecule has 30 heavy (non-hydrogen) atoms. The number of aliphatic hydroxyl groups excluding tert-OH is 1. The van der Waals surface area contributed by atoms with Crippen LogP contribution in [0.3, 0.4) is 0 Å². The van der Waals surface area contributed by atoms with E-state index in [1.165, 1.54) is 50.9 Å². The van der Waals surface area contributed by atoms with Gasteiger partial charge in [-0.15, -0.1) is 0 Å². The highest BCUT2D eigenvalue weighted by molar-refractivity contribution is 6.09.